The van der Waals surface area contributed by atoms with Crippen molar-refractivity contribution in [2.45, 2.75) is 50.9 Å². The van der Waals surface area contributed by atoms with Gasteiger partial charge in [-0.2, -0.15) is 0 Å². The number of carboxylic acids is 1. The van der Waals surface area contributed by atoms with Crippen LogP contribution in [0.5, 0.6) is 5.75 Å². The maximum absolute atomic E-state index is 11.3. The van der Waals surface area contributed by atoms with Gasteiger partial charge < -0.3 is 14.6 Å². The van der Waals surface area contributed by atoms with E-state index in [0.717, 1.165) is 17.0 Å². The summed E-state index contributed by atoms with van der Waals surface area (Å²) in [6.45, 7) is 6.21. The minimum Gasteiger partial charge on any atom is -0.487 e. The summed E-state index contributed by atoms with van der Waals surface area (Å²) in [6, 6.07) is 13.0. The van der Waals surface area contributed by atoms with Crippen LogP contribution in [0.2, 0.25) is 5.02 Å². The van der Waals surface area contributed by atoms with Gasteiger partial charge in [0.2, 0.25) is 0 Å². The molecule has 0 radical (unpaired) electrons. The lowest BCUT2D eigenvalue weighted by Crippen LogP contribution is -2.50. The van der Waals surface area contributed by atoms with Crippen LogP contribution < -0.4 is 4.74 Å². The van der Waals surface area contributed by atoms with Crippen molar-refractivity contribution < 1.29 is 19.4 Å². The molecule has 4 rings (SSSR count). The zero-order chi connectivity index (χ0) is 19.3. The fraction of sp³-hybridized carbons (Fsp3) is 0.409. The van der Waals surface area contributed by atoms with E-state index in [1.807, 2.05) is 18.2 Å². The molecule has 2 aromatic carbocycles. The quantitative estimate of drug-likeness (QED) is 0.744. The lowest BCUT2D eigenvalue weighted by molar-refractivity contribution is -0.153. The predicted octanol–water partition coefficient (Wildman–Crippen LogP) is 5.46. The summed E-state index contributed by atoms with van der Waals surface area (Å²) in [4.78, 5) is 11.3. The first-order valence-corrected chi connectivity index (χ1v) is 9.61. The molecule has 142 valence electrons. The van der Waals surface area contributed by atoms with Crippen LogP contribution in [-0.4, -0.2) is 22.8 Å². The van der Waals surface area contributed by atoms with E-state index >= 15 is 0 Å². The summed E-state index contributed by atoms with van der Waals surface area (Å²) in [5.41, 5.74) is 1.92. The van der Waals surface area contributed by atoms with Crippen molar-refractivity contribution in [2.75, 3.05) is 0 Å². The maximum atomic E-state index is 11.3. The molecule has 0 aromatic heterocycles. The second-order valence-electron chi connectivity index (χ2n) is 8.03. The summed E-state index contributed by atoms with van der Waals surface area (Å²) in [5, 5.41) is 10.0. The highest BCUT2D eigenvalue weighted by molar-refractivity contribution is 6.30. The first kappa shape index (κ1) is 18.3. The molecule has 1 fully saturated rings. The third-order valence-electron chi connectivity index (χ3n) is 5.93. The Balaban J connectivity index is 1.70. The molecular weight excluding hydrogens is 364 g/mol. The summed E-state index contributed by atoms with van der Waals surface area (Å²) in [5.74, 6) is 0.0733. The Morgan fingerprint density at radius 3 is 2.56 bits per heavy atom. The lowest BCUT2D eigenvalue weighted by atomic mass is 9.70. The first-order valence-electron chi connectivity index (χ1n) is 9.23. The molecule has 2 aliphatic heterocycles. The van der Waals surface area contributed by atoms with E-state index in [1.54, 1.807) is 12.1 Å². The molecule has 0 spiro atoms. The number of benzene rings is 2. The van der Waals surface area contributed by atoms with Gasteiger partial charge in [0.05, 0.1) is 17.8 Å². The summed E-state index contributed by atoms with van der Waals surface area (Å²) >= 11 is 6.04. The van der Waals surface area contributed by atoms with Crippen LogP contribution in [0, 0.1) is 5.92 Å². The summed E-state index contributed by atoms with van der Waals surface area (Å²) < 4.78 is 12.7. The second-order valence-corrected chi connectivity index (χ2v) is 8.46. The van der Waals surface area contributed by atoms with Gasteiger partial charge in [-0.15, -0.1) is 0 Å². The molecule has 4 nitrogen and oxygen atoms in total. The van der Waals surface area contributed by atoms with E-state index in [9.17, 15) is 9.90 Å². The van der Waals surface area contributed by atoms with Crippen LogP contribution in [0.25, 0.3) is 0 Å². The molecule has 1 saturated heterocycles. The highest BCUT2D eigenvalue weighted by Gasteiger charge is 2.49. The first-order chi connectivity index (χ1) is 12.8. The number of carbonyl (C=O) groups is 1. The van der Waals surface area contributed by atoms with Crippen molar-refractivity contribution in [3.8, 4) is 5.75 Å². The van der Waals surface area contributed by atoms with Crippen LogP contribution >= 0.6 is 11.6 Å². The van der Waals surface area contributed by atoms with E-state index in [4.69, 9.17) is 21.1 Å². The fourth-order valence-electron chi connectivity index (χ4n) is 4.42. The Labute approximate surface area is 164 Å². The van der Waals surface area contributed by atoms with E-state index < -0.39 is 11.6 Å². The monoisotopic (exact) mass is 386 g/mol. The van der Waals surface area contributed by atoms with Gasteiger partial charge >= 0.3 is 5.97 Å². The Morgan fingerprint density at radius 1 is 1.19 bits per heavy atom. The number of halogens is 1. The van der Waals surface area contributed by atoms with Gasteiger partial charge in [-0.25, -0.2) is 4.79 Å². The molecule has 0 aliphatic carbocycles. The molecular formula is C22H23ClO4. The van der Waals surface area contributed by atoms with Gasteiger partial charge in [0, 0.05) is 22.4 Å². The standard InChI is InChI=1S/C22H23ClO4/c1-12-17(13-4-7-15(23)8-5-13)11-18-20(26-12)16-9-6-14(21(24)25)10-19(16)27-22(18,2)3/h4-10,12,17-18,20H,11H2,1-3H3,(H,24,25)/t12-,17-,18-,20+/m0/s1. The number of rotatable bonds is 2. The number of aromatic carboxylic acids is 1. The Bertz CT molecular complexity index is 874. The number of hydrogen-bond acceptors (Lipinski definition) is 3. The molecule has 5 heteroatoms. The molecule has 2 aromatic rings. The molecule has 0 amide bonds. The van der Waals surface area contributed by atoms with E-state index in [1.165, 1.54) is 5.56 Å². The van der Waals surface area contributed by atoms with Crippen molar-refractivity contribution >= 4 is 17.6 Å². The Kier molecular flexibility index (Phi) is 4.44. The Hall–Kier alpha value is -2.04. The van der Waals surface area contributed by atoms with Gasteiger partial charge in [-0.3, -0.25) is 0 Å². The van der Waals surface area contributed by atoms with Crippen LogP contribution in [0.15, 0.2) is 42.5 Å². The number of carboxylic acid groups (broad SMARTS) is 1. The van der Waals surface area contributed by atoms with Gasteiger partial charge in [-0.05, 0) is 57.0 Å². The van der Waals surface area contributed by atoms with E-state index in [0.29, 0.717) is 5.75 Å². The van der Waals surface area contributed by atoms with Crippen LogP contribution in [-0.2, 0) is 4.74 Å². The summed E-state index contributed by atoms with van der Waals surface area (Å²) in [6.07, 6.45) is 0.860. The highest BCUT2D eigenvalue weighted by atomic mass is 35.5. The van der Waals surface area contributed by atoms with E-state index in [2.05, 4.69) is 32.9 Å². The van der Waals surface area contributed by atoms with Crippen LogP contribution in [0.4, 0.5) is 0 Å². The molecule has 0 saturated carbocycles. The highest BCUT2D eigenvalue weighted by Crippen LogP contribution is 2.53. The zero-order valence-corrected chi connectivity index (χ0v) is 16.4. The lowest BCUT2D eigenvalue weighted by Gasteiger charge is -2.50. The minimum atomic E-state index is -0.956. The molecule has 0 bridgehead atoms. The molecule has 2 heterocycles. The van der Waals surface area contributed by atoms with Crippen LogP contribution in [0.3, 0.4) is 0 Å². The molecule has 27 heavy (non-hydrogen) atoms. The van der Waals surface area contributed by atoms with Crippen molar-refractivity contribution in [3.63, 3.8) is 0 Å². The maximum Gasteiger partial charge on any atom is 0.335 e. The fourth-order valence-corrected chi connectivity index (χ4v) is 4.54. The average molecular weight is 387 g/mol. The van der Waals surface area contributed by atoms with Crippen molar-refractivity contribution in [1.82, 2.24) is 0 Å². The van der Waals surface area contributed by atoms with Crippen molar-refractivity contribution in [3.05, 3.63) is 64.2 Å². The number of fused-ring (bicyclic) bond motifs is 3. The number of ether oxygens (including phenoxy) is 2. The average Bonchev–Trinajstić information content (AvgIpc) is 2.61. The molecule has 0 unspecified atom stereocenters. The normalized spacial score (nSPS) is 28.6. The molecule has 1 N–H and O–H groups in total. The summed E-state index contributed by atoms with van der Waals surface area (Å²) in [7, 11) is 0. The van der Waals surface area contributed by atoms with Gasteiger partial charge in [0.1, 0.15) is 11.4 Å². The zero-order valence-electron chi connectivity index (χ0n) is 15.6. The Morgan fingerprint density at radius 2 is 1.89 bits per heavy atom. The third kappa shape index (κ3) is 3.21. The largest absolute Gasteiger partial charge is 0.487 e. The third-order valence-corrected chi connectivity index (χ3v) is 6.18. The predicted molar refractivity (Wildman–Crippen MR) is 104 cm³/mol. The number of hydrogen-bond donors (Lipinski definition) is 1. The SMILES string of the molecule is C[C@@H]1O[C@@H]2c3ccc(C(=O)O)cc3OC(C)(C)[C@H]2C[C@@H]1c1ccc(Cl)cc1. The van der Waals surface area contributed by atoms with Gasteiger partial charge in [0.25, 0.3) is 0 Å². The van der Waals surface area contributed by atoms with Crippen molar-refractivity contribution in [1.29, 1.82) is 0 Å². The molecule has 2 aliphatic rings. The second kappa shape index (κ2) is 6.54. The van der Waals surface area contributed by atoms with E-state index in [-0.39, 0.29) is 29.6 Å². The smallest absolute Gasteiger partial charge is 0.335 e. The molecule has 4 atom stereocenters. The van der Waals surface area contributed by atoms with Crippen LogP contribution in [0.1, 0.15) is 60.7 Å². The van der Waals surface area contributed by atoms with Gasteiger partial charge in [-0.1, -0.05) is 29.8 Å². The minimum absolute atomic E-state index is 0.0355. The van der Waals surface area contributed by atoms with Gasteiger partial charge in [0.15, 0.2) is 0 Å². The topological polar surface area (TPSA) is 55.8 Å². The van der Waals surface area contributed by atoms with Crippen molar-refractivity contribution in [2.24, 2.45) is 5.92 Å².